The van der Waals surface area contributed by atoms with Crippen LogP contribution in [0.1, 0.15) is 30.1 Å². The summed E-state index contributed by atoms with van der Waals surface area (Å²) in [6, 6.07) is 10.3. The summed E-state index contributed by atoms with van der Waals surface area (Å²) in [6.45, 7) is 6.58. The number of benzene rings is 1. The maximum atomic E-state index is 9.10. The maximum absolute atomic E-state index is 9.10. The first-order valence-electron chi connectivity index (χ1n) is 6.18. The van der Waals surface area contributed by atoms with Crippen molar-refractivity contribution in [3.63, 3.8) is 0 Å². The van der Waals surface area contributed by atoms with Gasteiger partial charge in [0, 0.05) is 16.8 Å². The molecular weight excluding hydrogens is 254 g/mol. The number of nitrogens with zero attached hydrogens (tertiary/aromatic N) is 2. The van der Waals surface area contributed by atoms with Crippen molar-refractivity contribution in [1.29, 1.82) is 5.26 Å². The van der Waals surface area contributed by atoms with Gasteiger partial charge in [-0.25, -0.2) is 4.98 Å². The Balaban J connectivity index is 2.02. The van der Waals surface area contributed by atoms with Crippen LogP contribution in [0.4, 0.5) is 5.69 Å². The van der Waals surface area contributed by atoms with Gasteiger partial charge in [0.15, 0.2) is 0 Å². The van der Waals surface area contributed by atoms with E-state index in [0.717, 1.165) is 28.5 Å². The Labute approximate surface area is 117 Å². The lowest BCUT2D eigenvalue weighted by atomic mass is 9.86. The number of hydrogen-bond acceptors (Lipinski definition) is 4. The lowest BCUT2D eigenvalue weighted by Crippen LogP contribution is -2.13. The molecule has 0 amide bonds. The first-order chi connectivity index (χ1) is 9.01. The molecule has 0 saturated heterocycles. The number of thiazole rings is 1. The molecule has 0 aliphatic carbocycles. The van der Waals surface area contributed by atoms with Gasteiger partial charge in [-0.2, -0.15) is 5.26 Å². The summed E-state index contributed by atoms with van der Waals surface area (Å²) in [4.78, 5) is 4.41. The minimum atomic E-state index is -0.440. The van der Waals surface area contributed by atoms with Crippen LogP contribution in [0.3, 0.4) is 0 Å². The quantitative estimate of drug-likeness (QED) is 0.918. The highest BCUT2D eigenvalue weighted by Gasteiger charge is 2.18. The Kier molecular flexibility index (Phi) is 3.87. The molecule has 3 nitrogen and oxygen atoms in total. The van der Waals surface area contributed by atoms with Gasteiger partial charge in [-0.3, -0.25) is 0 Å². The van der Waals surface area contributed by atoms with Crippen LogP contribution in [0.5, 0.6) is 0 Å². The number of aromatic nitrogens is 1. The highest BCUT2D eigenvalue weighted by molar-refractivity contribution is 7.09. The van der Waals surface area contributed by atoms with E-state index in [0.29, 0.717) is 0 Å². The van der Waals surface area contributed by atoms with Gasteiger partial charge >= 0.3 is 0 Å². The molecule has 2 rings (SSSR count). The predicted molar refractivity (Wildman–Crippen MR) is 79.3 cm³/mol. The van der Waals surface area contributed by atoms with Crippen LogP contribution in [0.2, 0.25) is 0 Å². The van der Waals surface area contributed by atoms with Crippen molar-refractivity contribution in [2.24, 2.45) is 0 Å². The number of aryl methyl sites for hydroxylation is 1. The zero-order valence-electron chi connectivity index (χ0n) is 11.4. The van der Waals surface area contributed by atoms with Crippen molar-refractivity contribution in [2.75, 3.05) is 5.32 Å². The summed E-state index contributed by atoms with van der Waals surface area (Å²) in [7, 11) is 0. The molecule has 0 aliphatic heterocycles. The van der Waals surface area contributed by atoms with Crippen molar-refractivity contribution in [2.45, 2.75) is 32.7 Å². The molecule has 0 unspecified atom stereocenters. The molecule has 0 radical (unpaired) electrons. The molecule has 4 heteroatoms. The number of nitriles is 1. The first kappa shape index (κ1) is 13.6. The molecule has 98 valence electrons. The predicted octanol–water partition coefficient (Wildman–Crippen LogP) is 3.86. The second-order valence-electron chi connectivity index (χ2n) is 5.05. The second-order valence-corrected chi connectivity index (χ2v) is 5.99. The summed E-state index contributed by atoms with van der Waals surface area (Å²) in [5.41, 5.74) is 2.70. The molecule has 0 saturated carbocycles. The van der Waals surface area contributed by atoms with Gasteiger partial charge in [0.05, 0.1) is 18.0 Å². The van der Waals surface area contributed by atoms with Gasteiger partial charge in [-0.15, -0.1) is 11.3 Å². The average molecular weight is 271 g/mol. The normalized spacial score (nSPS) is 11.1. The molecule has 1 N–H and O–H groups in total. The Morgan fingerprint density at radius 2 is 2.00 bits per heavy atom. The van der Waals surface area contributed by atoms with Crippen LogP contribution in [0, 0.1) is 18.3 Å². The molecule has 2 aromatic rings. The number of rotatable bonds is 4. The Morgan fingerprint density at radius 1 is 1.32 bits per heavy atom. The summed E-state index contributed by atoms with van der Waals surface area (Å²) < 4.78 is 0. The third kappa shape index (κ3) is 3.33. The van der Waals surface area contributed by atoms with Crippen molar-refractivity contribution in [3.05, 3.63) is 45.9 Å². The van der Waals surface area contributed by atoms with E-state index in [2.05, 4.69) is 21.8 Å². The van der Waals surface area contributed by atoms with Crippen LogP contribution in [-0.2, 0) is 12.0 Å². The first-order valence-corrected chi connectivity index (χ1v) is 7.06. The zero-order valence-corrected chi connectivity index (χ0v) is 12.2. The van der Waals surface area contributed by atoms with Gasteiger partial charge < -0.3 is 5.32 Å². The van der Waals surface area contributed by atoms with Gasteiger partial charge in [-0.05, 0) is 38.5 Å². The van der Waals surface area contributed by atoms with Crippen LogP contribution in [-0.4, -0.2) is 4.98 Å². The van der Waals surface area contributed by atoms with Gasteiger partial charge in [0.2, 0.25) is 0 Å². The molecule has 0 atom stereocenters. The molecule has 0 bridgehead atoms. The summed E-state index contributed by atoms with van der Waals surface area (Å²) in [5, 5.41) is 15.6. The fraction of sp³-hybridized carbons (Fsp3) is 0.333. The summed E-state index contributed by atoms with van der Waals surface area (Å²) in [5.74, 6) is 0. The van der Waals surface area contributed by atoms with E-state index in [9.17, 15) is 0 Å². The Hall–Kier alpha value is -1.86. The second kappa shape index (κ2) is 5.41. The lowest BCUT2D eigenvalue weighted by molar-refractivity contribution is 0.687. The van der Waals surface area contributed by atoms with E-state index in [1.54, 1.807) is 11.3 Å². The van der Waals surface area contributed by atoms with Crippen LogP contribution >= 0.6 is 11.3 Å². The largest absolute Gasteiger partial charge is 0.379 e. The molecular formula is C15H17N3S. The summed E-state index contributed by atoms with van der Waals surface area (Å²) >= 11 is 1.66. The van der Waals surface area contributed by atoms with Gasteiger partial charge in [-0.1, -0.05) is 12.1 Å². The number of anilines is 1. The van der Waals surface area contributed by atoms with Crippen molar-refractivity contribution in [1.82, 2.24) is 4.98 Å². The molecule has 0 spiro atoms. The van der Waals surface area contributed by atoms with Crippen LogP contribution < -0.4 is 5.32 Å². The van der Waals surface area contributed by atoms with E-state index in [4.69, 9.17) is 5.26 Å². The third-order valence-corrected chi connectivity index (χ3v) is 3.96. The topological polar surface area (TPSA) is 48.7 Å². The standard InChI is InChI=1S/C15H17N3S/c1-11-9-19-14(18-11)8-17-13-6-4-12(5-7-13)15(2,3)10-16/h4-7,9,17H,8H2,1-3H3. The van der Waals surface area contributed by atoms with Gasteiger partial charge in [0.1, 0.15) is 5.01 Å². The summed E-state index contributed by atoms with van der Waals surface area (Å²) in [6.07, 6.45) is 0. The smallest absolute Gasteiger partial charge is 0.112 e. The maximum Gasteiger partial charge on any atom is 0.112 e. The Bertz CT molecular complexity index is 591. The number of hydrogen-bond donors (Lipinski definition) is 1. The highest BCUT2D eigenvalue weighted by Crippen LogP contribution is 2.23. The van der Waals surface area contributed by atoms with Crippen molar-refractivity contribution < 1.29 is 0 Å². The Morgan fingerprint density at radius 3 is 2.53 bits per heavy atom. The van der Waals surface area contributed by atoms with Gasteiger partial charge in [0.25, 0.3) is 0 Å². The molecule has 1 aromatic carbocycles. The highest BCUT2D eigenvalue weighted by atomic mass is 32.1. The van der Waals surface area contributed by atoms with E-state index < -0.39 is 5.41 Å². The van der Waals surface area contributed by atoms with Crippen LogP contribution in [0.25, 0.3) is 0 Å². The third-order valence-electron chi connectivity index (χ3n) is 3.00. The molecule has 0 fully saturated rings. The van der Waals surface area contributed by atoms with Crippen LogP contribution in [0.15, 0.2) is 29.6 Å². The van der Waals surface area contributed by atoms with Crippen molar-refractivity contribution in [3.8, 4) is 6.07 Å². The van der Waals surface area contributed by atoms with Crippen molar-refractivity contribution >= 4 is 17.0 Å². The lowest BCUT2D eigenvalue weighted by Gasteiger charge is -2.16. The minimum Gasteiger partial charge on any atom is -0.379 e. The minimum absolute atomic E-state index is 0.440. The monoisotopic (exact) mass is 271 g/mol. The number of nitrogens with one attached hydrogen (secondary N) is 1. The molecule has 0 aliphatic rings. The fourth-order valence-electron chi connectivity index (χ4n) is 1.73. The van der Waals surface area contributed by atoms with E-state index in [1.807, 2.05) is 45.0 Å². The molecule has 19 heavy (non-hydrogen) atoms. The molecule has 1 aromatic heterocycles. The fourth-order valence-corrected chi connectivity index (χ4v) is 2.44. The zero-order chi connectivity index (χ0) is 13.9. The SMILES string of the molecule is Cc1csc(CNc2ccc(C(C)(C)C#N)cc2)n1. The molecule has 1 heterocycles. The van der Waals surface area contributed by atoms with E-state index in [-0.39, 0.29) is 0 Å². The van der Waals surface area contributed by atoms with E-state index >= 15 is 0 Å². The van der Waals surface area contributed by atoms with E-state index in [1.165, 1.54) is 0 Å². The average Bonchev–Trinajstić information content (AvgIpc) is 2.83.